The number of carbonyl (C=O) groups excluding carboxylic acids is 2. The van der Waals surface area contributed by atoms with E-state index >= 15 is 0 Å². The van der Waals surface area contributed by atoms with Gasteiger partial charge in [0.05, 0.1) is 13.2 Å². The summed E-state index contributed by atoms with van der Waals surface area (Å²) in [5.41, 5.74) is 1.23. The number of esters is 2. The highest BCUT2D eigenvalue weighted by molar-refractivity contribution is 5.95. The van der Waals surface area contributed by atoms with Gasteiger partial charge in [0, 0.05) is 0 Å². The second-order valence-electron chi connectivity index (χ2n) is 4.28. The average Bonchev–Trinajstić information content (AvgIpc) is 2.33. The quantitative estimate of drug-likeness (QED) is 0.386. The van der Waals surface area contributed by atoms with Crippen LogP contribution in [0.15, 0.2) is 23.8 Å². The molecule has 0 saturated heterocycles. The standard InChI is InChI=1S/C15H24O4/c1-5-18-14(16)13(15(17)19-6-2)11-9-7-8-10-12(3)4/h7,9-10,13H,5-6,8,11H2,1-4H3/b9-7+. The maximum atomic E-state index is 11.7. The topological polar surface area (TPSA) is 52.6 Å². The Balaban J connectivity index is 4.46. The fourth-order valence-corrected chi connectivity index (χ4v) is 1.41. The lowest BCUT2D eigenvalue weighted by Gasteiger charge is -2.12. The summed E-state index contributed by atoms with van der Waals surface area (Å²) in [5.74, 6) is -1.90. The lowest BCUT2D eigenvalue weighted by atomic mass is 10.1. The Morgan fingerprint density at radius 2 is 1.53 bits per heavy atom. The van der Waals surface area contributed by atoms with Crippen LogP contribution in [0.1, 0.15) is 40.5 Å². The Bertz CT molecular complexity index is 320. The van der Waals surface area contributed by atoms with Gasteiger partial charge in [0.2, 0.25) is 0 Å². The highest BCUT2D eigenvalue weighted by atomic mass is 16.6. The first kappa shape index (κ1) is 17.4. The molecule has 0 radical (unpaired) electrons. The molecule has 0 aliphatic carbocycles. The molecule has 4 heteroatoms. The van der Waals surface area contributed by atoms with E-state index in [0.717, 1.165) is 6.42 Å². The average molecular weight is 268 g/mol. The Morgan fingerprint density at radius 3 is 1.95 bits per heavy atom. The molecule has 0 atom stereocenters. The Labute approximate surface area is 115 Å². The van der Waals surface area contributed by atoms with Crippen LogP contribution in [-0.4, -0.2) is 25.2 Å². The van der Waals surface area contributed by atoms with Gasteiger partial charge in [-0.1, -0.05) is 23.8 Å². The van der Waals surface area contributed by atoms with Crippen molar-refractivity contribution in [2.24, 2.45) is 5.92 Å². The van der Waals surface area contributed by atoms with Crippen molar-refractivity contribution >= 4 is 11.9 Å². The monoisotopic (exact) mass is 268 g/mol. The second-order valence-corrected chi connectivity index (χ2v) is 4.28. The Morgan fingerprint density at radius 1 is 1.00 bits per heavy atom. The molecule has 0 aliphatic rings. The smallest absolute Gasteiger partial charge is 0.320 e. The van der Waals surface area contributed by atoms with Crippen LogP contribution in [0.5, 0.6) is 0 Å². The molecule has 0 N–H and O–H groups in total. The van der Waals surface area contributed by atoms with Crippen molar-refractivity contribution < 1.29 is 19.1 Å². The molecule has 0 aromatic rings. The van der Waals surface area contributed by atoms with Crippen LogP contribution in [0.25, 0.3) is 0 Å². The molecule has 108 valence electrons. The van der Waals surface area contributed by atoms with E-state index < -0.39 is 17.9 Å². The van der Waals surface area contributed by atoms with Crippen molar-refractivity contribution in [3.8, 4) is 0 Å². The molecular formula is C15H24O4. The molecule has 0 saturated carbocycles. The summed E-state index contributed by atoms with van der Waals surface area (Å²) >= 11 is 0. The number of ether oxygens (including phenoxy) is 2. The summed E-state index contributed by atoms with van der Waals surface area (Å²) in [6, 6.07) is 0. The van der Waals surface area contributed by atoms with Gasteiger partial charge in [-0.2, -0.15) is 0 Å². The lowest BCUT2D eigenvalue weighted by molar-refractivity contribution is -0.161. The van der Waals surface area contributed by atoms with Crippen molar-refractivity contribution in [2.45, 2.75) is 40.5 Å². The molecule has 4 nitrogen and oxygen atoms in total. The van der Waals surface area contributed by atoms with Crippen LogP contribution < -0.4 is 0 Å². The first-order valence-corrected chi connectivity index (χ1v) is 6.64. The molecule has 0 bridgehead atoms. The van der Waals surface area contributed by atoms with E-state index in [2.05, 4.69) is 6.08 Å². The normalized spacial score (nSPS) is 10.6. The third-order valence-electron chi connectivity index (χ3n) is 2.34. The molecule has 0 aromatic carbocycles. The third kappa shape index (κ3) is 8.19. The zero-order chi connectivity index (χ0) is 14.7. The van der Waals surface area contributed by atoms with E-state index in [9.17, 15) is 9.59 Å². The number of allylic oxidation sites excluding steroid dienone is 4. The van der Waals surface area contributed by atoms with Gasteiger partial charge in [0.25, 0.3) is 0 Å². The molecule has 0 heterocycles. The van der Waals surface area contributed by atoms with E-state index in [-0.39, 0.29) is 13.2 Å². The minimum Gasteiger partial charge on any atom is -0.465 e. The van der Waals surface area contributed by atoms with E-state index in [4.69, 9.17) is 9.47 Å². The van der Waals surface area contributed by atoms with E-state index in [0.29, 0.717) is 6.42 Å². The van der Waals surface area contributed by atoms with Crippen LogP contribution in [0, 0.1) is 5.92 Å². The summed E-state index contributed by atoms with van der Waals surface area (Å²) < 4.78 is 9.76. The number of rotatable bonds is 8. The van der Waals surface area contributed by atoms with Gasteiger partial charge in [-0.25, -0.2) is 0 Å². The molecule has 0 fully saturated rings. The van der Waals surface area contributed by atoms with Gasteiger partial charge in [-0.3, -0.25) is 9.59 Å². The molecule has 0 rings (SSSR count). The molecule has 0 unspecified atom stereocenters. The number of hydrogen-bond donors (Lipinski definition) is 0. The van der Waals surface area contributed by atoms with Gasteiger partial charge in [-0.05, 0) is 40.5 Å². The Hall–Kier alpha value is -1.58. The van der Waals surface area contributed by atoms with Crippen molar-refractivity contribution in [1.29, 1.82) is 0 Å². The number of carbonyl (C=O) groups is 2. The van der Waals surface area contributed by atoms with Gasteiger partial charge in [0.1, 0.15) is 0 Å². The van der Waals surface area contributed by atoms with Crippen LogP contribution in [-0.2, 0) is 19.1 Å². The number of hydrogen-bond acceptors (Lipinski definition) is 4. The van der Waals surface area contributed by atoms with Crippen LogP contribution in [0.2, 0.25) is 0 Å². The SMILES string of the molecule is CCOC(=O)C(C/C=C/CC=C(C)C)C(=O)OCC. The predicted molar refractivity (Wildman–Crippen MR) is 74.6 cm³/mol. The zero-order valence-corrected chi connectivity index (χ0v) is 12.3. The lowest BCUT2D eigenvalue weighted by Crippen LogP contribution is -2.27. The van der Waals surface area contributed by atoms with Crippen molar-refractivity contribution in [3.05, 3.63) is 23.8 Å². The predicted octanol–water partition coefficient (Wildman–Crippen LogP) is 3.03. The van der Waals surface area contributed by atoms with Crippen molar-refractivity contribution in [2.75, 3.05) is 13.2 Å². The summed E-state index contributed by atoms with van der Waals surface area (Å²) in [6.45, 7) is 7.99. The first-order chi connectivity index (χ1) is 9.02. The van der Waals surface area contributed by atoms with Gasteiger partial charge in [-0.15, -0.1) is 0 Å². The summed E-state index contributed by atoms with van der Waals surface area (Å²) in [5, 5.41) is 0. The van der Waals surface area contributed by atoms with Crippen molar-refractivity contribution in [1.82, 2.24) is 0 Å². The third-order valence-corrected chi connectivity index (χ3v) is 2.34. The molecular weight excluding hydrogens is 244 g/mol. The van der Waals surface area contributed by atoms with Gasteiger partial charge < -0.3 is 9.47 Å². The zero-order valence-electron chi connectivity index (χ0n) is 12.3. The fourth-order valence-electron chi connectivity index (χ4n) is 1.41. The van der Waals surface area contributed by atoms with E-state index in [1.807, 2.05) is 26.0 Å². The van der Waals surface area contributed by atoms with Gasteiger partial charge in [0.15, 0.2) is 5.92 Å². The first-order valence-electron chi connectivity index (χ1n) is 6.64. The minimum absolute atomic E-state index is 0.260. The van der Waals surface area contributed by atoms with Crippen LogP contribution in [0.4, 0.5) is 0 Å². The molecule has 19 heavy (non-hydrogen) atoms. The molecule has 0 aliphatic heterocycles. The van der Waals surface area contributed by atoms with Gasteiger partial charge >= 0.3 is 11.9 Å². The maximum absolute atomic E-state index is 11.7. The maximum Gasteiger partial charge on any atom is 0.320 e. The molecule has 0 spiro atoms. The van der Waals surface area contributed by atoms with E-state index in [1.54, 1.807) is 13.8 Å². The second kappa shape index (κ2) is 10.4. The summed E-state index contributed by atoms with van der Waals surface area (Å²) in [6.07, 6.45) is 6.92. The molecule has 0 aromatic heterocycles. The van der Waals surface area contributed by atoms with Crippen LogP contribution in [0.3, 0.4) is 0 Å². The minimum atomic E-state index is -0.858. The summed E-state index contributed by atoms with van der Waals surface area (Å²) in [4.78, 5) is 23.3. The van der Waals surface area contributed by atoms with Crippen LogP contribution >= 0.6 is 0 Å². The van der Waals surface area contributed by atoms with E-state index in [1.165, 1.54) is 5.57 Å². The van der Waals surface area contributed by atoms with Crippen molar-refractivity contribution in [3.63, 3.8) is 0 Å². The Kier molecular flexibility index (Phi) is 9.49. The fraction of sp³-hybridized carbons (Fsp3) is 0.600. The molecule has 0 amide bonds. The summed E-state index contributed by atoms with van der Waals surface area (Å²) in [7, 11) is 0. The highest BCUT2D eigenvalue weighted by Crippen LogP contribution is 2.10. The largest absolute Gasteiger partial charge is 0.465 e. The highest BCUT2D eigenvalue weighted by Gasteiger charge is 2.27.